The molecule has 1 aromatic rings. The van der Waals surface area contributed by atoms with E-state index in [1.54, 1.807) is 0 Å². The van der Waals surface area contributed by atoms with E-state index < -0.39 is 9.84 Å². The fourth-order valence-electron chi connectivity index (χ4n) is 2.40. The highest BCUT2D eigenvalue weighted by Crippen LogP contribution is 2.32. The molecule has 18 heavy (non-hydrogen) atoms. The Morgan fingerprint density at radius 3 is 2.78 bits per heavy atom. The molecule has 1 heterocycles. The number of alkyl halides is 1. The van der Waals surface area contributed by atoms with Gasteiger partial charge in [-0.15, -0.1) is 5.10 Å². The van der Waals surface area contributed by atoms with Gasteiger partial charge in [0.15, 0.2) is 0 Å². The Morgan fingerprint density at radius 1 is 1.50 bits per heavy atom. The van der Waals surface area contributed by atoms with Crippen LogP contribution in [0, 0.1) is 0 Å². The van der Waals surface area contributed by atoms with Crippen molar-refractivity contribution in [2.24, 2.45) is 0 Å². The minimum Gasteiger partial charge on any atom is -0.249 e. The van der Waals surface area contributed by atoms with Crippen molar-refractivity contribution in [2.75, 3.05) is 6.26 Å². The molecule has 1 saturated carbocycles. The molecule has 102 valence electrons. The number of aromatic nitrogens is 3. The van der Waals surface area contributed by atoms with Crippen LogP contribution in [-0.4, -0.2) is 34.9 Å². The van der Waals surface area contributed by atoms with E-state index in [0.717, 1.165) is 25.0 Å². The first-order chi connectivity index (χ1) is 8.38. The van der Waals surface area contributed by atoms with Gasteiger partial charge in [-0.25, -0.2) is 13.1 Å². The van der Waals surface area contributed by atoms with Crippen molar-refractivity contribution in [3.63, 3.8) is 0 Å². The molecule has 0 aliphatic heterocycles. The summed E-state index contributed by atoms with van der Waals surface area (Å²) in [7, 11) is -2.95. The second kappa shape index (κ2) is 5.28. The van der Waals surface area contributed by atoms with Crippen LogP contribution in [-0.2, 0) is 9.84 Å². The van der Waals surface area contributed by atoms with E-state index in [0.29, 0.717) is 6.42 Å². The van der Waals surface area contributed by atoms with Gasteiger partial charge < -0.3 is 0 Å². The van der Waals surface area contributed by atoms with Crippen molar-refractivity contribution in [3.05, 3.63) is 11.9 Å². The molecule has 1 fully saturated rings. The summed E-state index contributed by atoms with van der Waals surface area (Å²) in [5, 5.41) is 7.98. The fraction of sp³-hybridized carbons (Fsp3) is 0.818. The van der Waals surface area contributed by atoms with Crippen LogP contribution < -0.4 is 0 Å². The zero-order valence-electron chi connectivity index (χ0n) is 10.6. The van der Waals surface area contributed by atoms with E-state index in [4.69, 9.17) is 0 Å². The third-order valence-electron chi connectivity index (χ3n) is 3.51. The molecule has 7 heteroatoms. The maximum absolute atomic E-state index is 11.6. The summed E-state index contributed by atoms with van der Waals surface area (Å²) in [6.45, 7) is 1.99. The molecule has 0 bridgehead atoms. The smallest absolute Gasteiger partial charge is 0.150 e. The van der Waals surface area contributed by atoms with E-state index in [1.807, 2.05) is 17.8 Å². The molecule has 0 N–H and O–H groups in total. The maximum atomic E-state index is 11.6. The highest BCUT2D eigenvalue weighted by atomic mass is 79.9. The second-order valence-corrected chi connectivity index (χ2v) is 8.71. The third kappa shape index (κ3) is 3.12. The molecule has 0 aromatic carbocycles. The third-order valence-corrected chi connectivity index (χ3v) is 5.62. The van der Waals surface area contributed by atoms with Crippen LogP contribution in [0.5, 0.6) is 0 Å². The highest BCUT2D eigenvalue weighted by molar-refractivity contribution is 9.09. The van der Waals surface area contributed by atoms with Crippen molar-refractivity contribution in [1.29, 1.82) is 0 Å². The van der Waals surface area contributed by atoms with E-state index >= 15 is 0 Å². The van der Waals surface area contributed by atoms with Crippen molar-refractivity contribution < 1.29 is 8.42 Å². The summed E-state index contributed by atoms with van der Waals surface area (Å²) in [6, 6.07) is 0.158. The van der Waals surface area contributed by atoms with E-state index in [9.17, 15) is 8.42 Å². The van der Waals surface area contributed by atoms with Crippen molar-refractivity contribution >= 4 is 25.8 Å². The minimum atomic E-state index is -2.95. The normalized spacial score (nSPS) is 27.1. The molecule has 2 rings (SSSR count). The van der Waals surface area contributed by atoms with Crippen LogP contribution in [0.25, 0.3) is 0 Å². The Bertz CT molecular complexity index is 512. The van der Waals surface area contributed by atoms with E-state index in [-0.39, 0.29) is 16.1 Å². The predicted octanol–water partition coefficient (Wildman–Crippen LogP) is 2.26. The summed E-state index contributed by atoms with van der Waals surface area (Å²) in [4.78, 5) is 0.167. The van der Waals surface area contributed by atoms with Gasteiger partial charge in [-0.1, -0.05) is 27.6 Å². The van der Waals surface area contributed by atoms with E-state index in [1.165, 1.54) is 6.26 Å². The minimum absolute atomic E-state index is 0.158. The lowest BCUT2D eigenvalue weighted by molar-refractivity contribution is 0.324. The number of hydrogen-bond donors (Lipinski definition) is 0. The molecule has 3 atom stereocenters. The molecular formula is C11H18BrN3O2S. The van der Waals surface area contributed by atoms with Gasteiger partial charge in [0.25, 0.3) is 0 Å². The second-order valence-electron chi connectivity index (χ2n) is 5.01. The van der Waals surface area contributed by atoms with Crippen LogP contribution in [0.15, 0.2) is 6.20 Å². The Morgan fingerprint density at radius 2 is 2.22 bits per heavy atom. The van der Waals surface area contributed by atoms with Crippen molar-refractivity contribution in [1.82, 2.24) is 15.0 Å². The Hall–Kier alpha value is -0.430. The topological polar surface area (TPSA) is 64.8 Å². The number of rotatable bonds is 3. The van der Waals surface area contributed by atoms with Gasteiger partial charge in [-0.2, -0.15) is 0 Å². The number of halogens is 1. The molecule has 1 aliphatic rings. The number of nitrogens with zero attached hydrogens (tertiary/aromatic N) is 3. The van der Waals surface area contributed by atoms with Crippen molar-refractivity contribution in [3.8, 4) is 0 Å². The standard InChI is InChI=1S/C11H18BrN3O2S/c1-8(12)11-7-15(14-13-11)9-4-3-5-10(6-9)18(2,16)17/h7-10H,3-6H2,1-2H3. The average molecular weight is 336 g/mol. The molecule has 0 amide bonds. The Balaban J connectivity index is 2.13. The SMILES string of the molecule is CC(Br)c1cn(C2CCCC(S(C)(=O)=O)C2)nn1. The van der Waals surface area contributed by atoms with E-state index in [2.05, 4.69) is 26.2 Å². The van der Waals surface area contributed by atoms with Gasteiger partial charge in [0.1, 0.15) is 9.84 Å². The summed E-state index contributed by atoms with van der Waals surface area (Å²) >= 11 is 3.45. The Kier molecular flexibility index (Phi) is 4.11. The largest absolute Gasteiger partial charge is 0.249 e. The first-order valence-electron chi connectivity index (χ1n) is 6.12. The number of sulfone groups is 1. The van der Waals surface area contributed by atoms with Crippen LogP contribution in [0.2, 0.25) is 0 Å². The molecule has 0 saturated heterocycles. The summed E-state index contributed by atoms with van der Waals surface area (Å²) in [5.41, 5.74) is 0.886. The predicted molar refractivity (Wildman–Crippen MR) is 73.5 cm³/mol. The molecule has 1 aromatic heterocycles. The average Bonchev–Trinajstić information content (AvgIpc) is 2.77. The monoisotopic (exact) mass is 335 g/mol. The number of hydrogen-bond acceptors (Lipinski definition) is 4. The van der Waals surface area contributed by atoms with Gasteiger partial charge in [0, 0.05) is 12.5 Å². The van der Waals surface area contributed by atoms with Gasteiger partial charge in [-0.05, 0) is 26.2 Å². The maximum Gasteiger partial charge on any atom is 0.150 e. The highest BCUT2D eigenvalue weighted by Gasteiger charge is 2.30. The first kappa shape index (κ1) is 14.0. The van der Waals surface area contributed by atoms with Gasteiger partial charge in [-0.3, -0.25) is 0 Å². The molecular weight excluding hydrogens is 318 g/mol. The van der Waals surface area contributed by atoms with Gasteiger partial charge >= 0.3 is 0 Å². The quantitative estimate of drug-likeness (QED) is 0.794. The lowest BCUT2D eigenvalue weighted by Gasteiger charge is -2.27. The lowest BCUT2D eigenvalue weighted by Crippen LogP contribution is -2.29. The first-order valence-corrected chi connectivity index (χ1v) is 8.99. The zero-order chi connectivity index (χ0) is 13.3. The summed E-state index contributed by atoms with van der Waals surface area (Å²) in [6.07, 6.45) is 6.57. The lowest BCUT2D eigenvalue weighted by atomic mass is 9.95. The van der Waals surface area contributed by atoms with Crippen molar-refractivity contribution in [2.45, 2.75) is 48.7 Å². The van der Waals surface area contributed by atoms with Crippen LogP contribution >= 0.6 is 15.9 Å². The molecule has 0 spiro atoms. The van der Waals surface area contributed by atoms with Crippen LogP contribution in [0.4, 0.5) is 0 Å². The fourth-order valence-corrected chi connectivity index (χ4v) is 3.78. The zero-order valence-corrected chi connectivity index (χ0v) is 13.0. The molecule has 3 unspecified atom stereocenters. The molecule has 0 radical (unpaired) electrons. The summed E-state index contributed by atoms with van der Waals surface area (Å²) < 4.78 is 25.1. The van der Waals surface area contributed by atoms with Gasteiger partial charge in [0.2, 0.25) is 0 Å². The van der Waals surface area contributed by atoms with Gasteiger partial charge in [0.05, 0.1) is 21.8 Å². The van der Waals surface area contributed by atoms with Crippen LogP contribution in [0.1, 0.15) is 49.2 Å². The molecule has 5 nitrogen and oxygen atoms in total. The van der Waals surface area contributed by atoms with Crippen LogP contribution in [0.3, 0.4) is 0 Å². The summed E-state index contributed by atoms with van der Waals surface area (Å²) in [5.74, 6) is 0. The Labute approximate surface area is 116 Å². The molecule has 1 aliphatic carbocycles.